The first-order valence-corrected chi connectivity index (χ1v) is 12.9. The lowest BCUT2D eigenvalue weighted by Crippen LogP contribution is -2.69. The zero-order valence-corrected chi connectivity index (χ0v) is 21.6. The van der Waals surface area contributed by atoms with E-state index in [4.69, 9.17) is 36.1 Å². The predicted molar refractivity (Wildman–Crippen MR) is 130 cm³/mol. The highest BCUT2D eigenvalue weighted by atomic mass is 16.7. The van der Waals surface area contributed by atoms with Gasteiger partial charge in [0.05, 0.1) is 18.7 Å². The molecule has 0 aromatic carbocycles. The van der Waals surface area contributed by atoms with Gasteiger partial charge in [-0.25, -0.2) is 0 Å². The van der Waals surface area contributed by atoms with E-state index in [1.165, 1.54) is 0 Å². The average Bonchev–Trinajstić information content (AvgIpc) is 3.18. The summed E-state index contributed by atoms with van der Waals surface area (Å²) in [4.78, 5) is 12.4. The number of ether oxygens (including phenoxy) is 4. The molecule has 1 amide bonds. The molecule has 1 saturated carbocycles. The largest absolute Gasteiger partial charge is 0.394 e. The van der Waals surface area contributed by atoms with Crippen molar-refractivity contribution in [2.24, 2.45) is 17.2 Å². The van der Waals surface area contributed by atoms with E-state index in [1.54, 1.807) is 7.05 Å². The number of carbonyl (C=O) groups excluding carboxylic acids is 1. The molecule has 0 radical (unpaired) electrons. The van der Waals surface area contributed by atoms with Crippen molar-refractivity contribution in [3.63, 3.8) is 0 Å². The van der Waals surface area contributed by atoms with E-state index >= 15 is 0 Å². The third-order valence-corrected chi connectivity index (χ3v) is 7.33. The Labute approximate surface area is 225 Å². The van der Waals surface area contributed by atoms with Gasteiger partial charge in [-0.3, -0.25) is 4.79 Å². The van der Waals surface area contributed by atoms with Gasteiger partial charge in [0.25, 0.3) is 0 Å². The van der Waals surface area contributed by atoms with Crippen molar-refractivity contribution < 1.29 is 59.5 Å². The topological polar surface area (TPSA) is 298 Å². The average molecular weight is 570 g/mol. The number of aliphatic hydroxyl groups is 7. The number of aliphatic hydroxyl groups excluding tert-OH is 7. The first-order valence-electron chi connectivity index (χ1n) is 12.9. The van der Waals surface area contributed by atoms with Crippen LogP contribution in [0.25, 0.3) is 0 Å². The molecule has 15 atom stereocenters. The van der Waals surface area contributed by atoms with Crippen LogP contribution in [-0.2, 0) is 23.7 Å². The molecule has 39 heavy (non-hydrogen) atoms. The second kappa shape index (κ2) is 14.2. The van der Waals surface area contributed by atoms with Gasteiger partial charge in [-0.15, -0.1) is 0 Å². The van der Waals surface area contributed by atoms with Crippen molar-refractivity contribution in [2.45, 2.75) is 105 Å². The van der Waals surface area contributed by atoms with Gasteiger partial charge >= 0.3 is 0 Å². The summed E-state index contributed by atoms with van der Waals surface area (Å²) >= 11 is 0. The number of nitrogens with one attached hydrogen (secondary N) is 2. The van der Waals surface area contributed by atoms with Crippen LogP contribution in [0, 0.1) is 0 Å². The third kappa shape index (κ3) is 7.21. The van der Waals surface area contributed by atoms with Crippen molar-refractivity contribution >= 4 is 5.91 Å². The molecule has 0 aromatic rings. The molecule has 3 rings (SSSR count). The van der Waals surface area contributed by atoms with Crippen LogP contribution in [0.15, 0.2) is 0 Å². The van der Waals surface area contributed by atoms with Gasteiger partial charge in [-0.05, 0) is 26.4 Å². The van der Waals surface area contributed by atoms with Crippen LogP contribution in [0.5, 0.6) is 0 Å². The second-order valence-electron chi connectivity index (χ2n) is 10.2. The SMILES string of the molecule is CNC[C@H]1O[C@@H](O[C@@H]2[C@H](O[C@@H]3O[C@H](CO)[C@H](O)[C@@H]3O)[C@H](O)[C@@H](NC(=O)[C@H](O)CCN)C[C@H]2N)[C@H](N)[C@@H](O)[C@H]1O. The van der Waals surface area contributed by atoms with Gasteiger partial charge in [0, 0.05) is 12.6 Å². The van der Waals surface area contributed by atoms with Crippen LogP contribution in [0.2, 0.25) is 0 Å². The van der Waals surface area contributed by atoms with Gasteiger partial charge in [0.1, 0.15) is 61.0 Å². The van der Waals surface area contributed by atoms with Crippen LogP contribution in [0.3, 0.4) is 0 Å². The molecule has 2 heterocycles. The van der Waals surface area contributed by atoms with Gasteiger partial charge in [0.15, 0.2) is 12.6 Å². The van der Waals surface area contributed by atoms with E-state index in [9.17, 15) is 40.5 Å². The fraction of sp³-hybridized carbons (Fsp3) is 0.955. The summed E-state index contributed by atoms with van der Waals surface area (Å²) in [5.41, 5.74) is 17.8. The zero-order chi connectivity index (χ0) is 29.0. The number of amides is 1. The van der Waals surface area contributed by atoms with E-state index in [2.05, 4.69) is 10.6 Å². The normalized spacial score (nSPS) is 45.7. The maximum Gasteiger partial charge on any atom is 0.249 e. The number of hydrogen-bond donors (Lipinski definition) is 12. The molecule has 2 saturated heterocycles. The number of carbonyl (C=O) groups is 1. The van der Waals surface area contributed by atoms with Crippen LogP contribution in [0.1, 0.15) is 12.8 Å². The van der Waals surface area contributed by atoms with Gasteiger partial charge in [0.2, 0.25) is 5.91 Å². The minimum atomic E-state index is -1.61. The number of nitrogens with two attached hydrogens (primary N) is 3. The maximum atomic E-state index is 12.4. The minimum absolute atomic E-state index is 0.0201. The molecular formula is C22H43N5O12. The Morgan fingerprint density at radius 2 is 1.56 bits per heavy atom. The van der Waals surface area contributed by atoms with Crippen molar-refractivity contribution in [1.82, 2.24) is 10.6 Å². The quantitative estimate of drug-likeness (QED) is 0.110. The standard InChI is InChI=1S/C22H43N5O12/c1-26-5-10-14(31)16(33)12(25)21(36-10)38-18-7(24)4-8(27-20(35)9(29)2-3-23)13(30)19(18)39-22-17(34)15(32)11(6-28)37-22/h7-19,21-22,26,28-34H,2-6,23-25H2,1H3,(H,27,35)/t7-,8+,9-,10-,11-,12-,13-,14+,15+,16-,17+,18+,19-,21+,22+/m1/s1. The third-order valence-electron chi connectivity index (χ3n) is 7.33. The molecule has 0 unspecified atom stereocenters. The van der Waals surface area contributed by atoms with Crippen molar-refractivity contribution in [2.75, 3.05) is 26.7 Å². The Hall–Kier alpha value is -1.13. The van der Waals surface area contributed by atoms with Crippen LogP contribution >= 0.6 is 0 Å². The van der Waals surface area contributed by atoms with Crippen LogP contribution < -0.4 is 27.8 Å². The lowest BCUT2D eigenvalue weighted by Gasteiger charge is -2.48. The first-order chi connectivity index (χ1) is 18.4. The van der Waals surface area contributed by atoms with Gasteiger partial charge < -0.3 is 82.5 Å². The molecule has 3 aliphatic rings. The molecule has 0 bridgehead atoms. The summed E-state index contributed by atoms with van der Waals surface area (Å²) in [5, 5.41) is 77.3. The molecule has 1 aliphatic carbocycles. The van der Waals surface area contributed by atoms with E-state index in [-0.39, 0.29) is 25.9 Å². The molecule has 15 N–H and O–H groups in total. The number of rotatable bonds is 11. The predicted octanol–water partition coefficient (Wildman–Crippen LogP) is -7.52. The zero-order valence-electron chi connectivity index (χ0n) is 21.6. The summed E-state index contributed by atoms with van der Waals surface area (Å²) in [5.74, 6) is -0.799. The Balaban J connectivity index is 1.84. The minimum Gasteiger partial charge on any atom is -0.394 e. The highest BCUT2D eigenvalue weighted by Gasteiger charge is 2.53. The van der Waals surface area contributed by atoms with Gasteiger partial charge in [-0.1, -0.05) is 0 Å². The highest BCUT2D eigenvalue weighted by Crippen LogP contribution is 2.32. The van der Waals surface area contributed by atoms with Gasteiger partial charge in [-0.2, -0.15) is 0 Å². The molecule has 0 aromatic heterocycles. The summed E-state index contributed by atoms with van der Waals surface area (Å²) in [6, 6.07) is -3.24. The monoisotopic (exact) mass is 569 g/mol. The Morgan fingerprint density at radius 1 is 0.949 bits per heavy atom. The van der Waals surface area contributed by atoms with E-state index < -0.39 is 104 Å². The first kappa shape index (κ1) is 32.4. The molecule has 0 spiro atoms. The van der Waals surface area contributed by atoms with E-state index in [0.717, 1.165) is 0 Å². The molecule has 2 aliphatic heterocycles. The number of likely N-dealkylation sites (N-methyl/N-ethyl adjacent to an activating group) is 1. The second-order valence-corrected chi connectivity index (χ2v) is 10.2. The Bertz CT molecular complexity index is 788. The highest BCUT2D eigenvalue weighted by molar-refractivity contribution is 5.80. The fourth-order valence-electron chi connectivity index (χ4n) is 5.01. The molecule has 3 fully saturated rings. The summed E-state index contributed by atoms with van der Waals surface area (Å²) in [7, 11) is 1.62. The van der Waals surface area contributed by atoms with Crippen molar-refractivity contribution in [3.8, 4) is 0 Å². The summed E-state index contributed by atoms with van der Waals surface area (Å²) < 4.78 is 23.0. The smallest absolute Gasteiger partial charge is 0.249 e. The maximum absolute atomic E-state index is 12.4. The molecule has 228 valence electrons. The summed E-state index contributed by atoms with van der Waals surface area (Å²) in [6.07, 6.45) is -16.5. The fourth-order valence-corrected chi connectivity index (χ4v) is 5.01. The van der Waals surface area contributed by atoms with Crippen molar-refractivity contribution in [1.29, 1.82) is 0 Å². The van der Waals surface area contributed by atoms with E-state index in [0.29, 0.717) is 0 Å². The summed E-state index contributed by atoms with van der Waals surface area (Å²) in [6.45, 7) is -0.433. The van der Waals surface area contributed by atoms with Crippen LogP contribution in [0.4, 0.5) is 0 Å². The molecule has 17 heteroatoms. The Kier molecular flexibility index (Phi) is 11.8. The van der Waals surface area contributed by atoms with Crippen molar-refractivity contribution in [3.05, 3.63) is 0 Å². The number of hydrogen-bond acceptors (Lipinski definition) is 16. The Morgan fingerprint density at radius 3 is 2.15 bits per heavy atom. The van der Waals surface area contributed by atoms with Crippen LogP contribution in [-0.4, -0.2) is 160 Å². The lowest BCUT2D eigenvalue weighted by atomic mass is 9.83. The molecule has 17 nitrogen and oxygen atoms in total. The van der Waals surface area contributed by atoms with E-state index in [1.807, 2.05) is 0 Å². The lowest BCUT2D eigenvalue weighted by molar-refractivity contribution is -0.307. The molecular weight excluding hydrogens is 526 g/mol.